The monoisotopic (exact) mass is 323 g/mol. The normalized spacial score (nSPS) is 11.3. The molecule has 0 amide bonds. The van der Waals surface area contributed by atoms with Gasteiger partial charge in [-0.15, -0.1) is 0 Å². The van der Waals surface area contributed by atoms with E-state index in [0.717, 1.165) is 18.1 Å². The van der Waals surface area contributed by atoms with Crippen LogP contribution in [0, 0.1) is 10.1 Å². The van der Waals surface area contributed by atoms with Crippen LogP contribution in [0.3, 0.4) is 0 Å². The van der Waals surface area contributed by atoms with Crippen molar-refractivity contribution in [3.8, 4) is 0 Å². The van der Waals surface area contributed by atoms with Crippen LogP contribution in [0.15, 0.2) is 28.6 Å². The van der Waals surface area contributed by atoms with Gasteiger partial charge in [-0.3, -0.25) is 10.1 Å². The predicted octanol–water partition coefficient (Wildman–Crippen LogP) is -2.40. The van der Waals surface area contributed by atoms with E-state index in [1.54, 1.807) is 11.8 Å². The Morgan fingerprint density at radius 2 is 2.14 bits per heavy atom. The van der Waals surface area contributed by atoms with Gasteiger partial charge >= 0.3 is 29.6 Å². The van der Waals surface area contributed by atoms with Crippen molar-refractivity contribution in [2.45, 2.75) is 12.3 Å². The van der Waals surface area contributed by atoms with Crippen LogP contribution in [0.25, 0.3) is 0 Å². The van der Waals surface area contributed by atoms with Crippen LogP contribution in [0.5, 0.6) is 0 Å². The van der Waals surface area contributed by atoms with Crippen molar-refractivity contribution in [2.24, 2.45) is 0 Å². The van der Waals surface area contributed by atoms with E-state index in [-0.39, 0.29) is 29.6 Å². The summed E-state index contributed by atoms with van der Waals surface area (Å²) in [5.41, 5.74) is 0. The first kappa shape index (κ1) is 20.3. The molecule has 9 heteroatoms. The molecule has 1 aromatic rings. The van der Waals surface area contributed by atoms with Crippen LogP contribution in [-0.4, -0.2) is 36.2 Å². The number of nitrogens with zero attached hydrogens (tertiary/aromatic N) is 2. The van der Waals surface area contributed by atoms with E-state index in [1.165, 1.54) is 0 Å². The third-order valence-electron chi connectivity index (χ3n) is 2.20. The van der Waals surface area contributed by atoms with Crippen LogP contribution in [0.4, 0.5) is 0 Å². The Kier molecular flexibility index (Phi) is 10.6. The van der Waals surface area contributed by atoms with Gasteiger partial charge in [0.05, 0.1) is 17.2 Å². The fraction of sp³-hybridized carbons (Fsp3) is 0.500. The summed E-state index contributed by atoms with van der Waals surface area (Å²) in [5.74, 6) is 2.50. The Morgan fingerprint density at radius 1 is 1.48 bits per heavy atom. The standard InChI is InChI=1S/C12H19N3O4S.Na/c1-14(2)7-10-3-4-11(19-10)9-20-6-5-13-12(16)8-15(17)18;/h3-4,8,13,16H,5-7,9H2,1-2H3;/q;+1/p-1/b12-8-;. The molecule has 0 radical (unpaired) electrons. The van der Waals surface area contributed by atoms with Crippen molar-refractivity contribution < 1.29 is 44.0 Å². The van der Waals surface area contributed by atoms with Crippen LogP contribution < -0.4 is 40.0 Å². The Labute approximate surface area is 150 Å². The van der Waals surface area contributed by atoms with E-state index in [0.29, 0.717) is 24.3 Å². The van der Waals surface area contributed by atoms with Crippen molar-refractivity contribution in [1.29, 1.82) is 0 Å². The quantitative estimate of drug-likeness (QED) is 0.178. The van der Waals surface area contributed by atoms with E-state index in [1.807, 2.05) is 31.1 Å². The number of hydrogen-bond donors (Lipinski definition) is 1. The maximum atomic E-state index is 11.0. The molecule has 1 rings (SSSR count). The molecular formula is C12H18N3NaO4S. The zero-order valence-corrected chi connectivity index (χ0v) is 15.3. The molecule has 21 heavy (non-hydrogen) atoms. The molecule has 1 N–H and O–H groups in total. The Bertz CT molecular complexity index is 465. The molecule has 1 heterocycles. The zero-order valence-electron chi connectivity index (χ0n) is 12.5. The molecule has 0 aliphatic rings. The molecule has 1 aromatic heterocycles. The summed E-state index contributed by atoms with van der Waals surface area (Å²) in [4.78, 5) is 11.3. The SMILES string of the molecule is CN(C)Cc1ccc(CSCCN/C([O-])=C/[N+](=O)[O-])o1.[Na+]. The Morgan fingerprint density at radius 3 is 2.76 bits per heavy atom. The third kappa shape index (κ3) is 9.81. The summed E-state index contributed by atoms with van der Waals surface area (Å²) in [6, 6.07) is 3.88. The molecule has 0 bridgehead atoms. The molecule has 0 aromatic carbocycles. The first-order valence-corrected chi connectivity index (χ1v) is 7.19. The fourth-order valence-electron chi connectivity index (χ4n) is 1.46. The van der Waals surface area contributed by atoms with Gasteiger partial charge in [-0.05, 0) is 26.2 Å². The Hall–Kier alpha value is -0.670. The van der Waals surface area contributed by atoms with Gasteiger partial charge in [0.15, 0.2) is 0 Å². The molecule has 7 nitrogen and oxygen atoms in total. The number of nitrogens with one attached hydrogen (secondary N) is 1. The second-order valence-corrected chi connectivity index (χ2v) is 5.47. The second-order valence-electron chi connectivity index (χ2n) is 4.36. The molecule has 0 spiro atoms. The predicted molar refractivity (Wildman–Crippen MR) is 75.3 cm³/mol. The van der Waals surface area contributed by atoms with Gasteiger partial charge in [0, 0.05) is 18.2 Å². The van der Waals surface area contributed by atoms with Gasteiger partial charge in [-0.1, -0.05) is 0 Å². The summed E-state index contributed by atoms with van der Waals surface area (Å²) in [6.07, 6.45) is 0.421. The summed E-state index contributed by atoms with van der Waals surface area (Å²) < 4.78 is 5.63. The maximum Gasteiger partial charge on any atom is 1.00 e. The van der Waals surface area contributed by atoms with Crippen molar-refractivity contribution in [1.82, 2.24) is 10.2 Å². The van der Waals surface area contributed by atoms with Crippen molar-refractivity contribution in [3.63, 3.8) is 0 Å². The molecule has 0 aliphatic carbocycles. The van der Waals surface area contributed by atoms with E-state index in [2.05, 4.69) is 5.32 Å². The average Bonchev–Trinajstić information content (AvgIpc) is 2.74. The van der Waals surface area contributed by atoms with Gasteiger partial charge in [-0.2, -0.15) is 11.8 Å². The van der Waals surface area contributed by atoms with Crippen LogP contribution in [-0.2, 0) is 12.3 Å². The summed E-state index contributed by atoms with van der Waals surface area (Å²) in [7, 11) is 3.95. The summed E-state index contributed by atoms with van der Waals surface area (Å²) >= 11 is 1.59. The van der Waals surface area contributed by atoms with E-state index in [9.17, 15) is 15.2 Å². The zero-order chi connectivity index (χ0) is 15.0. The van der Waals surface area contributed by atoms with Crippen molar-refractivity contribution in [2.75, 3.05) is 26.4 Å². The summed E-state index contributed by atoms with van der Waals surface area (Å²) in [6.45, 7) is 1.15. The molecule has 0 atom stereocenters. The number of thioether (sulfide) groups is 1. The maximum absolute atomic E-state index is 11.0. The minimum Gasteiger partial charge on any atom is -0.856 e. The third-order valence-corrected chi connectivity index (χ3v) is 3.18. The topological polar surface area (TPSA) is 94.6 Å². The number of rotatable bonds is 9. The van der Waals surface area contributed by atoms with Crippen molar-refractivity contribution in [3.05, 3.63) is 45.9 Å². The second kappa shape index (κ2) is 11.0. The first-order valence-electron chi connectivity index (χ1n) is 6.03. The van der Waals surface area contributed by atoms with Crippen LogP contribution >= 0.6 is 11.8 Å². The number of furan rings is 1. The van der Waals surface area contributed by atoms with E-state index >= 15 is 0 Å². The molecular weight excluding hydrogens is 305 g/mol. The first-order chi connectivity index (χ1) is 9.47. The number of nitro groups is 1. The van der Waals surface area contributed by atoms with Gasteiger partial charge in [0.2, 0.25) is 6.20 Å². The van der Waals surface area contributed by atoms with E-state index in [4.69, 9.17) is 4.42 Å². The van der Waals surface area contributed by atoms with Gasteiger partial charge < -0.3 is 19.7 Å². The Balaban J connectivity index is 0.00000400. The van der Waals surface area contributed by atoms with Gasteiger partial charge in [-0.25, -0.2) is 0 Å². The van der Waals surface area contributed by atoms with Crippen LogP contribution in [0.1, 0.15) is 11.5 Å². The summed E-state index contributed by atoms with van der Waals surface area (Å²) in [5, 5.41) is 23.4. The minimum atomic E-state index is -0.766. The minimum absolute atomic E-state index is 0. The van der Waals surface area contributed by atoms with Gasteiger partial charge in [0.1, 0.15) is 11.5 Å². The molecule has 0 unspecified atom stereocenters. The average molecular weight is 323 g/mol. The molecule has 0 saturated carbocycles. The molecule has 0 aliphatic heterocycles. The van der Waals surface area contributed by atoms with Gasteiger partial charge in [0.25, 0.3) is 0 Å². The smallest absolute Gasteiger partial charge is 0.856 e. The van der Waals surface area contributed by atoms with Crippen molar-refractivity contribution >= 4 is 11.8 Å². The van der Waals surface area contributed by atoms with E-state index < -0.39 is 10.8 Å². The molecule has 0 fully saturated rings. The number of hydrogen-bond acceptors (Lipinski definition) is 7. The largest absolute Gasteiger partial charge is 1.00 e. The fourth-order valence-corrected chi connectivity index (χ4v) is 2.20. The molecule has 0 saturated heterocycles. The van der Waals surface area contributed by atoms with Crippen LogP contribution in [0.2, 0.25) is 0 Å². The molecule has 112 valence electrons.